The summed E-state index contributed by atoms with van der Waals surface area (Å²) in [5.41, 5.74) is 1.60. The standard InChI is InChI=1S/C30H29NO8S3/c1-30(2)26(40)23(29-41-24(27(33)38-6)25(42-29)28(34)39-7)18-15-17(35-3)10-11-19(18)31(30)22(32)13-9-16-8-12-20(36-4)21(14-16)37-5/h8-15H,1-7H3. The van der Waals surface area contributed by atoms with E-state index in [0.29, 0.717) is 43.2 Å². The number of amides is 1. The first-order valence-corrected chi connectivity index (χ1v) is 14.5. The zero-order valence-corrected chi connectivity index (χ0v) is 26.5. The molecule has 42 heavy (non-hydrogen) atoms. The lowest BCUT2D eigenvalue weighted by Gasteiger charge is -2.45. The minimum Gasteiger partial charge on any atom is -0.497 e. The van der Waals surface area contributed by atoms with Gasteiger partial charge in [-0.3, -0.25) is 9.69 Å². The molecule has 0 N–H and O–H groups in total. The molecule has 0 atom stereocenters. The number of thioether (sulfide) groups is 2. The molecule has 2 heterocycles. The summed E-state index contributed by atoms with van der Waals surface area (Å²) in [5.74, 6) is 0.0423. The van der Waals surface area contributed by atoms with Crippen LogP contribution in [0, 0.1) is 0 Å². The van der Waals surface area contributed by atoms with E-state index in [2.05, 4.69) is 0 Å². The predicted octanol–water partition coefficient (Wildman–Crippen LogP) is 5.63. The first-order valence-electron chi connectivity index (χ1n) is 12.5. The Bertz CT molecular complexity index is 1540. The van der Waals surface area contributed by atoms with Crippen LogP contribution in [0.4, 0.5) is 5.69 Å². The number of esters is 2. The molecule has 0 unspecified atom stereocenters. The molecule has 2 aliphatic rings. The molecule has 0 radical (unpaired) electrons. The lowest BCUT2D eigenvalue weighted by molar-refractivity contribution is -0.138. The molecule has 0 aromatic heterocycles. The summed E-state index contributed by atoms with van der Waals surface area (Å²) in [5, 5.41) is 0. The molecule has 9 nitrogen and oxygen atoms in total. The second-order valence-electron chi connectivity index (χ2n) is 9.40. The maximum atomic E-state index is 13.9. The van der Waals surface area contributed by atoms with Gasteiger partial charge in [0, 0.05) is 17.2 Å². The molecule has 0 spiro atoms. The molecule has 2 aromatic rings. The van der Waals surface area contributed by atoms with Crippen LogP contribution in [0.5, 0.6) is 17.2 Å². The van der Waals surface area contributed by atoms with Crippen molar-refractivity contribution in [2.75, 3.05) is 40.4 Å². The van der Waals surface area contributed by atoms with Crippen LogP contribution in [0.15, 0.2) is 56.5 Å². The third-order valence-corrected chi connectivity index (χ3v) is 9.91. The number of carbonyl (C=O) groups is 3. The highest BCUT2D eigenvalue weighted by Gasteiger charge is 2.45. The lowest BCUT2D eigenvalue weighted by atomic mass is 9.83. The topological polar surface area (TPSA) is 101 Å². The minimum absolute atomic E-state index is 0.110. The van der Waals surface area contributed by atoms with E-state index in [1.54, 1.807) is 62.6 Å². The fourth-order valence-corrected chi connectivity index (χ4v) is 7.55. The summed E-state index contributed by atoms with van der Waals surface area (Å²) >= 11 is 8.20. The normalized spacial score (nSPS) is 16.0. The molecule has 12 heteroatoms. The average molecular weight is 628 g/mol. The van der Waals surface area contributed by atoms with Gasteiger partial charge >= 0.3 is 11.9 Å². The number of thiocarbonyl (C=S) groups is 1. The Morgan fingerprint density at radius 3 is 2.00 bits per heavy atom. The molecule has 220 valence electrons. The van der Waals surface area contributed by atoms with E-state index in [9.17, 15) is 14.4 Å². The molecule has 0 saturated carbocycles. The zero-order chi connectivity index (χ0) is 30.8. The third kappa shape index (κ3) is 5.66. The smallest absolute Gasteiger partial charge is 0.346 e. The Morgan fingerprint density at radius 1 is 0.833 bits per heavy atom. The second-order valence-corrected chi connectivity index (χ2v) is 12.1. The highest BCUT2D eigenvalue weighted by atomic mass is 32.2. The van der Waals surface area contributed by atoms with E-state index in [-0.39, 0.29) is 15.7 Å². The number of methoxy groups -OCH3 is 5. The van der Waals surface area contributed by atoms with Gasteiger partial charge in [-0.15, -0.1) is 0 Å². The molecule has 0 aliphatic carbocycles. The summed E-state index contributed by atoms with van der Waals surface area (Å²) < 4.78 is 26.6. The Balaban J connectivity index is 1.82. The fourth-order valence-electron chi connectivity index (χ4n) is 4.52. The van der Waals surface area contributed by atoms with Crippen molar-refractivity contribution in [3.05, 3.63) is 67.6 Å². The van der Waals surface area contributed by atoms with Gasteiger partial charge < -0.3 is 23.7 Å². The third-order valence-electron chi connectivity index (χ3n) is 6.64. The summed E-state index contributed by atoms with van der Waals surface area (Å²) in [4.78, 5) is 41.3. The number of hydrogen-bond acceptors (Lipinski definition) is 11. The van der Waals surface area contributed by atoms with Crippen molar-refractivity contribution in [2.45, 2.75) is 19.4 Å². The Kier molecular flexibility index (Phi) is 9.39. The SMILES string of the molecule is COC(=O)C1=C(C(=O)OC)SC(=C2C(=S)C(C)(C)N(C(=O)C=Cc3ccc(OC)c(OC)c3)c3ccc(OC)cc32)S1. The highest BCUT2D eigenvalue weighted by Crippen LogP contribution is 2.56. The van der Waals surface area contributed by atoms with E-state index < -0.39 is 17.5 Å². The van der Waals surface area contributed by atoms with Crippen LogP contribution in [0.3, 0.4) is 0 Å². The highest BCUT2D eigenvalue weighted by molar-refractivity contribution is 8.29. The van der Waals surface area contributed by atoms with Gasteiger partial charge in [0.1, 0.15) is 15.6 Å². The van der Waals surface area contributed by atoms with Gasteiger partial charge in [-0.05, 0) is 55.8 Å². The van der Waals surface area contributed by atoms with Crippen molar-refractivity contribution in [2.24, 2.45) is 0 Å². The Hall–Kier alpha value is -3.74. The Morgan fingerprint density at radius 2 is 1.45 bits per heavy atom. The summed E-state index contributed by atoms with van der Waals surface area (Å²) in [7, 11) is 7.13. The summed E-state index contributed by atoms with van der Waals surface area (Å²) in [6.45, 7) is 3.71. The van der Waals surface area contributed by atoms with Gasteiger partial charge in [0.05, 0.1) is 55.9 Å². The molecule has 4 rings (SSSR count). The van der Waals surface area contributed by atoms with Gasteiger partial charge in [0.2, 0.25) is 0 Å². The summed E-state index contributed by atoms with van der Waals surface area (Å²) in [6.07, 6.45) is 3.17. The molecule has 1 amide bonds. The largest absolute Gasteiger partial charge is 0.497 e. The number of anilines is 1. The Labute approximate surface area is 257 Å². The number of fused-ring (bicyclic) bond motifs is 1. The second kappa shape index (κ2) is 12.6. The molecule has 2 aromatic carbocycles. The predicted molar refractivity (Wildman–Crippen MR) is 169 cm³/mol. The van der Waals surface area contributed by atoms with Crippen LogP contribution < -0.4 is 19.1 Å². The van der Waals surface area contributed by atoms with Crippen LogP contribution in [-0.2, 0) is 23.9 Å². The van der Waals surface area contributed by atoms with Crippen molar-refractivity contribution >= 4 is 75.8 Å². The fraction of sp³-hybridized carbons (Fsp3) is 0.267. The molecule has 0 bridgehead atoms. The molecular weight excluding hydrogens is 599 g/mol. The molecule has 0 saturated heterocycles. The van der Waals surface area contributed by atoms with E-state index in [4.69, 9.17) is 35.9 Å². The van der Waals surface area contributed by atoms with Crippen LogP contribution in [0.1, 0.15) is 25.0 Å². The zero-order valence-electron chi connectivity index (χ0n) is 24.1. The number of nitrogens with zero attached hydrogens (tertiary/aromatic N) is 1. The van der Waals surface area contributed by atoms with E-state index in [0.717, 1.165) is 29.1 Å². The first-order chi connectivity index (χ1) is 20.0. The van der Waals surface area contributed by atoms with Crippen LogP contribution in [-0.4, -0.2) is 63.8 Å². The van der Waals surface area contributed by atoms with Gasteiger partial charge in [-0.25, -0.2) is 9.59 Å². The number of benzene rings is 2. The maximum Gasteiger partial charge on any atom is 0.346 e. The van der Waals surface area contributed by atoms with Crippen LogP contribution in [0.25, 0.3) is 11.6 Å². The molecule has 2 aliphatic heterocycles. The minimum atomic E-state index is -0.973. The van der Waals surface area contributed by atoms with Gasteiger partial charge in [-0.2, -0.15) is 0 Å². The van der Waals surface area contributed by atoms with Crippen LogP contribution in [0.2, 0.25) is 0 Å². The van der Waals surface area contributed by atoms with E-state index in [1.165, 1.54) is 20.3 Å². The number of rotatable bonds is 7. The monoisotopic (exact) mass is 627 g/mol. The average Bonchev–Trinajstić information content (AvgIpc) is 3.44. The van der Waals surface area contributed by atoms with Crippen molar-refractivity contribution in [1.82, 2.24) is 0 Å². The van der Waals surface area contributed by atoms with Gasteiger partial charge in [0.15, 0.2) is 11.5 Å². The maximum absolute atomic E-state index is 13.9. The molecular formula is C30H29NO8S3. The van der Waals surface area contributed by atoms with Crippen molar-refractivity contribution in [3.8, 4) is 17.2 Å². The van der Waals surface area contributed by atoms with Gasteiger partial charge in [-0.1, -0.05) is 41.8 Å². The van der Waals surface area contributed by atoms with Gasteiger partial charge in [0.25, 0.3) is 5.91 Å². The summed E-state index contributed by atoms with van der Waals surface area (Å²) in [6, 6.07) is 10.7. The van der Waals surface area contributed by atoms with E-state index >= 15 is 0 Å². The number of carbonyl (C=O) groups excluding carboxylic acids is 3. The number of hydrogen-bond donors (Lipinski definition) is 0. The van der Waals surface area contributed by atoms with E-state index in [1.807, 2.05) is 19.9 Å². The van der Waals surface area contributed by atoms with Crippen molar-refractivity contribution in [1.29, 1.82) is 0 Å². The van der Waals surface area contributed by atoms with Crippen LogP contribution >= 0.6 is 35.7 Å². The molecule has 0 fully saturated rings. The quantitative estimate of drug-likeness (QED) is 0.217. The first kappa shape index (κ1) is 31.2. The van der Waals surface area contributed by atoms with Crippen molar-refractivity contribution < 1.29 is 38.1 Å². The number of ether oxygens (including phenoxy) is 5. The lowest BCUT2D eigenvalue weighted by Crippen LogP contribution is -2.55. The van der Waals surface area contributed by atoms with Crippen molar-refractivity contribution in [3.63, 3.8) is 0 Å².